The average molecular weight is 226 g/mol. The number of rotatable bonds is 7. The summed E-state index contributed by atoms with van der Waals surface area (Å²) in [6.45, 7) is 9.22. The van der Waals surface area contributed by atoms with Crippen LogP contribution in [0.2, 0.25) is 0 Å². The molecule has 2 heteroatoms. The van der Waals surface area contributed by atoms with Crippen LogP contribution < -0.4 is 5.32 Å². The predicted molar refractivity (Wildman–Crippen MR) is 71.8 cm³/mol. The minimum atomic E-state index is 0.725. The van der Waals surface area contributed by atoms with Gasteiger partial charge in [-0.05, 0) is 52.2 Å². The van der Waals surface area contributed by atoms with Crippen molar-refractivity contribution in [2.45, 2.75) is 65.0 Å². The Morgan fingerprint density at radius 1 is 1.19 bits per heavy atom. The molecule has 0 amide bonds. The Morgan fingerprint density at radius 2 is 1.81 bits per heavy atom. The topological polar surface area (TPSA) is 15.3 Å². The standard InChI is InChI=1S/C14H30N2/c1-12(2)11-15-10-9-13(3)16(4)14-7-5-6-8-14/h12-15H,5-11H2,1-4H3. The van der Waals surface area contributed by atoms with Crippen molar-refractivity contribution >= 4 is 0 Å². The van der Waals surface area contributed by atoms with Gasteiger partial charge < -0.3 is 10.2 Å². The first-order chi connectivity index (χ1) is 7.61. The first kappa shape index (κ1) is 14.0. The molecule has 0 aromatic carbocycles. The van der Waals surface area contributed by atoms with Gasteiger partial charge in [0.25, 0.3) is 0 Å². The van der Waals surface area contributed by atoms with Crippen LogP contribution in [-0.4, -0.2) is 37.1 Å². The molecule has 0 aromatic heterocycles. The molecule has 1 unspecified atom stereocenters. The Hall–Kier alpha value is -0.0800. The summed E-state index contributed by atoms with van der Waals surface area (Å²) in [7, 11) is 2.31. The average Bonchev–Trinajstić information content (AvgIpc) is 2.76. The van der Waals surface area contributed by atoms with E-state index in [4.69, 9.17) is 0 Å². The lowest BCUT2D eigenvalue weighted by atomic mass is 10.1. The van der Waals surface area contributed by atoms with E-state index >= 15 is 0 Å². The van der Waals surface area contributed by atoms with Crippen LogP contribution in [0.3, 0.4) is 0 Å². The van der Waals surface area contributed by atoms with Crippen molar-refractivity contribution in [1.29, 1.82) is 0 Å². The van der Waals surface area contributed by atoms with Crippen LogP contribution >= 0.6 is 0 Å². The second kappa shape index (κ2) is 7.29. The molecule has 0 bridgehead atoms. The van der Waals surface area contributed by atoms with E-state index in [-0.39, 0.29) is 0 Å². The van der Waals surface area contributed by atoms with Crippen LogP contribution in [0.25, 0.3) is 0 Å². The quantitative estimate of drug-likeness (QED) is 0.672. The Morgan fingerprint density at radius 3 is 2.38 bits per heavy atom. The van der Waals surface area contributed by atoms with Gasteiger partial charge in [-0.1, -0.05) is 26.7 Å². The van der Waals surface area contributed by atoms with E-state index in [1.807, 2.05) is 0 Å². The lowest BCUT2D eigenvalue weighted by Gasteiger charge is -2.30. The summed E-state index contributed by atoms with van der Waals surface area (Å²) in [6.07, 6.45) is 6.99. The van der Waals surface area contributed by atoms with Gasteiger partial charge in [0, 0.05) is 12.1 Å². The van der Waals surface area contributed by atoms with Crippen molar-refractivity contribution in [3.63, 3.8) is 0 Å². The summed E-state index contributed by atoms with van der Waals surface area (Å²) in [5.74, 6) is 0.767. The van der Waals surface area contributed by atoms with Crippen molar-refractivity contribution in [2.75, 3.05) is 20.1 Å². The minimum Gasteiger partial charge on any atom is -0.316 e. The van der Waals surface area contributed by atoms with Gasteiger partial charge in [0.15, 0.2) is 0 Å². The van der Waals surface area contributed by atoms with Gasteiger partial charge in [0.2, 0.25) is 0 Å². The van der Waals surface area contributed by atoms with Gasteiger partial charge in [-0.3, -0.25) is 0 Å². The van der Waals surface area contributed by atoms with Crippen molar-refractivity contribution in [1.82, 2.24) is 10.2 Å². The first-order valence-corrected chi connectivity index (χ1v) is 7.04. The third-order valence-corrected chi connectivity index (χ3v) is 3.89. The van der Waals surface area contributed by atoms with Crippen molar-refractivity contribution in [3.8, 4) is 0 Å². The highest BCUT2D eigenvalue weighted by atomic mass is 15.2. The molecule has 1 aliphatic carbocycles. The molecular formula is C14H30N2. The fourth-order valence-electron chi connectivity index (χ4n) is 2.58. The van der Waals surface area contributed by atoms with Gasteiger partial charge in [-0.2, -0.15) is 0 Å². The summed E-state index contributed by atoms with van der Waals surface area (Å²) >= 11 is 0. The lowest BCUT2D eigenvalue weighted by Crippen LogP contribution is -2.38. The fraction of sp³-hybridized carbons (Fsp3) is 1.00. The molecule has 1 aliphatic rings. The van der Waals surface area contributed by atoms with E-state index < -0.39 is 0 Å². The molecule has 1 atom stereocenters. The normalized spacial score (nSPS) is 19.9. The van der Waals surface area contributed by atoms with Gasteiger partial charge >= 0.3 is 0 Å². The summed E-state index contributed by atoms with van der Waals surface area (Å²) in [6, 6.07) is 1.59. The van der Waals surface area contributed by atoms with E-state index in [0.29, 0.717) is 0 Å². The molecule has 0 heterocycles. The van der Waals surface area contributed by atoms with Crippen LogP contribution in [0, 0.1) is 5.92 Å². The Labute approximate surface area is 102 Å². The van der Waals surface area contributed by atoms with E-state index in [1.54, 1.807) is 0 Å². The van der Waals surface area contributed by atoms with Crippen LogP contribution in [0.5, 0.6) is 0 Å². The van der Waals surface area contributed by atoms with Crippen LogP contribution in [-0.2, 0) is 0 Å². The zero-order valence-electron chi connectivity index (χ0n) is 11.6. The van der Waals surface area contributed by atoms with Gasteiger partial charge in [-0.25, -0.2) is 0 Å². The number of nitrogens with zero attached hydrogens (tertiary/aromatic N) is 1. The zero-order chi connectivity index (χ0) is 12.0. The van der Waals surface area contributed by atoms with Crippen LogP contribution in [0.1, 0.15) is 52.9 Å². The second-order valence-electron chi connectivity index (χ2n) is 5.84. The molecule has 0 radical (unpaired) electrons. The summed E-state index contributed by atoms with van der Waals surface area (Å²) in [5, 5.41) is 3.53. The van der Waals surface area contributed by atoms with Gasteiger partial charge in [0.05, 0.1) is 0 Å². The maximum absolute atomic E-state index is 3.53. The highest BCUT2D eigenvalue weighted by molar-refractivity contribution is 4.78. The number of hydrogen-bond donors (Lipinski definition) is 1. The SMILES string of the molecule is CC(C)CNCCC(C)N(C)C1CCCC1. The lowest BCUT2D eigenvalue weighted by molar-refractivity contribution is 0.177. The van der Waals surface area contributed by atoms with Crippen molar-refractivity contribution in [3.05, 3.63) is 0 Å². The molecule has 1 fully saturated rings. The van der Waals surface area contributed by atoms with E-state index in [9.17, 15) is 0 Å². The highest BCUT2D eigenvalue weighted by Crippen LogP contribution is 2.24. The van der Waals surface area contributed by atoms with E-state index in [0.717, 1.165) is 31.1 Å². The Bertz CT molecular complexity index is 174. The molecule has 0 saturated heterocycles. The molecule has 16 heavy (non-hydrogen) atoms. The second-order valence-corrected chi connectivity index (χ2v) is 5.84. The minimum absolute atomic E-state index is 0.725. The highest BCUT2D eigenvalue weighted by Gasteiger charge is 2.22. The predicted octanol–water partition coefficient (Wildman–Crippen LogP) is 2.89. The largest absolute Gasteiger partial charge is 0.316 e. The van der Waals surface area contributed by atoms with Crippen LogP contribution in [0.4, 0.5) is 0 Å². The summed E-state index contributed by atoms with van der Waals surface area (Å²) < 4.78 is 0. The molecule has 0 aromatic rings. The maximum atomic E-state index is 3.53. The third-order valence-electron chi connectivity index (χ3n) is 3.89. The van der Waals surface area contributed by atoms with Crippen molar-refractivity contribution in [2.24, 2.45) is 5.92 Å². The Balaban J connectivity index is 2.10. The molecule has 1 saturated carbocycles. The fourth-order valence-corrected chi connectivity index (χ4v) is 2.58. The molecule has 1 rings (SSSR count). The zero-order valence-corrected chi connectivity index (χ0v) is 11.6. The van der Waals surface area contributed by atoms with Gasteiger partial charge in [-0.15, -0.1) is 0 Å². The summed E-state index contributed by atoms with van der Waals surface area (Å²) in [5.41, 5.74) is 0. The molecule has 2 nitrogen and oxygen atoms in total. The first-order valence-electron chi connectivity index (χ1n) is 7.04. The van der Waals surface area contributed by atoms with E-state index in [1.165, 1.54) is 32.1 Å². The monoisotopic (exact) mass is 226 g/mol. The molecule has 0 aliphatic heterocycles. The molecule has 96 valence electrons. The maximum Gasteiger partial charge on any atom is 0.00950 e. The number of nitrogens with one attached hydrogen (secondary N) is 1. The smallest absolute Gasteiger partial charge is 0.00950 e. The van der Waals surface area contributed by atoms with Gasteiger partial charge in [0.1, 0.15) is 0 Å². The van der Waals surface area contributed by atoms with Crippen LogP contribution in [0.15, 0.2) is 0 Å². The summed E-state index contributed by atoms with van der Waals surface area (Å²) in [4.78, 5) is 2.60. The molecule has 0 spiro atoms. The van der Waals surface area contributed by atoms with E-state index in [2.05, 4.69) is 38.0 Å². The molecular weight excluding hydrogens is 196 g/mol. The number of hydrogen-bond acceptors (Lipinski definition) is 2. The van der Waals surface area contributed by atoms with Crippen molar-refractivity contribution < 1.29 is 0 Å². The Kier molecular flexibility index (Phi) is 6.37. The molecule has 1 N–H and O–H groups in total. The third kappa shape index (κ3) is 4.84.